The minimum Gasteiger partial charge on any atom is -0.396 e. The highest BCUT2D eigenvalue weighted by Gasteiger charge is 2.01. The molecule has 0 aromatic heterocycles. The van der Waals surface area contributed by atoms with Crippen molar-refractivity contribution in [1.29, 1.82) is 0 Å². The van der Waals surface area contributed by atoms with Crippen molar-refractivity contribution >= 4 is 5.69 Å². The lowest BCUT2D eigenvalue weighted by Gasteiger charge is -2.11. The monoisotopic (exact) mass is 246 g/mol. The fourth-order valence-corrected chi connectivity index (χ4v) is 1.57. The van der Waals surface area contributed by atoms with Crippen molar-refractivity contribution in [2.45, 2.75) is 26.7 Å². The maximum Gasteiger partial charge on any atom is 0.104 e. The molecule has 0 saturated heterocycles. The Morgan fingerprint density at radius 1 is 1.39 bits per heavy atom. The van der Waals surface area contributed by atoms with Crippen LogP contribution < -0.4 is 11.1 Å². The molecule has 98 valence electrons. The first-order valence-corrected chi connectivity index (χ1v) is 6.13. The zero-order chi connectivity index (χ0) is 13.5. The summed E-state index contributed by atoms with van der Waals surface area (Å²) in [4.78, 5) is 0. The molecule has 0 spiro atoms. The van der Waals surface area contributed by atoms with Crippen molar-refractivity contribution in [1.82, 2.24) is 0 Å². The summed E-state index contributed by atoms with van der Waals surface area (Å²) in [7, 11) is 0. The van der Waals surface area contributed by atoms with Gasteiger partial charge in [0.1, 0.15) is 5.82 Å². The predicted octanol–water partition coefficient (Wildman–Crippen LogP) is 2.79. The molecule has 0 aliphatic rings. The van der Waals surface area contributed by atoms with Crippen LogP contribution in [0.3, 0.4) is 0 Å². The molecule has 4 N–H and O–H groups in total. The van der Waals surface area contributed by atoms with E-state index in [2.05, 4.69) is 11.9 Å². The van der Waals surface area contributed by atoms with Gasteiger partial charge in [-0.2, -0.15) is 0 Å². The predicted molar refractivity (Wildman–Crippen MR) is 77.2 cm³/mol. The van der Waals surface area contributed by atoms with E-state index < -0.39 is 0 Å². The Kier molecular flexibility index (Phi) is 5.46. The maximum absolute atomic E-state index is 8.82. The van der Waals surface area contributed by atoms with Crippen molar-refractivity contribution < 1.29 is 5.11 Å². The van der Waals surface area contributed by atoms with E-state index in [4.69, 9.17) is 10.8 Å². The second kappa shape index (κ2) is 6.87. The van der Waals surface area contributed by atoms with Crippen molar-refractivity contribution in [3.05, 3.63) is 53.4 Å². The van der Waals surface area contributed by atoms with E-state index in [1.807, 2.05) is 38.1 Å². The van der Waals surface area contributed by atoms with Gasteiger partial charge in [0.2, 0.25) is 0 Å². The summed E-state index contributed by atoms with van der Waals surface area (Å²) in [6.45, 7) is 7.96. The molecule has 0 amide bonds. The third-order valence-corrected chi connectivity index (χ3v) is 2.87. The summed E-state index contributed by atoms with van der Waals surface area (Å²) >= 11 is 0. The summed E-state index contributed by atoms with van der Waals surface area (Å²) < 4.78 is 0. The Labute approximate surface area is 109 Å². The van der Waals surface area contributed by atoms with Gasteiger partial charge in [-0.3, -0.25) is 0 Å². The molecule has 3 heteroatoms. The van der Waals surface area contributed by atoms with E-state index >= 15 is 0 Å². The van der Waals surface area contributed by atoms with Crippen LogP contribution in [0.4, 0.5) is 5.69 Å². The van der Waals surface area contributed by atoms with Crippen molar-refractivity contribution in [2.24, 2.45) is 5.73 Å². The first kappa shape index (κ1) is 14.3. The highest BCUT2D eigenvalue weighted by atomic mass is 16.2. The van der Waals surface area contributed by atoms with Crippen molar-refractivity contribution in [3.8, 4) is 0 Å². The van der Waals surface area contributed by atoms with Gasteiger partial charge in [0.05, 0.1) is 0 Å². The van der Waals surface area contributed by atoms with Crippen LogP contribution in [0.1, 0.15) is 25.8 Å². The van der Waals surface area contributed by atoms with E-state index in [0.717, 1.165) is 29.7 Å². The fraction of sp³-hybridized carbons (Fsp3) is 0.333. The number of nitrogens with two attached hydrogens (primary N) is 1. The lowest BCUT2D eigenvalue weighted by molar-refractivity contribution is 0.288. The van der Waals surface area contributed by atoms with Gasteiger partial charge in [-0.1, -0.05) is 24.3 Å². The van der Waals surface area contributed by atoms with E-state index in [1.54, 1.807) is 0 Å². The zero-order valence-corrected chi connectivity index (χ0v) is 11.2. The molecule has 0 aliphatic heterocycles. The van der Waals surface area contributed by atoms with Gasteiger partial charge in [-0.05, 0) is 50.0 Å². The quantitative estimate of drug-likeness (QED) is 0.676. The first-order valence-electron chi connectivity index (χ1n) is 6.13. The number of benzene rings is 1. The summed E-state index contributed by atoms with van der Waals surface area (Å²) in [5.41, 5.74) is 10.0. The van der Waals surface area contributed by atoms with Crippen LogP contribution in [-0.4, -0.2) is 11.7 Å². The van der Waals surface area contributed by atoms with E-state index in [-0.39, 0.29) is 6.61 Å². The highest BCUT2D eigenvalue weighted by molar-refractivity contribution is 5.51. The smallest absolute Gasteiger partial charge is 0.104 e. The minimum atomic E-state index is 0.217. The minimum absolute atomic E-state index is 0.217. The second-order valence-corrected chi connectivity index (χ2v) is 4.47. The lowest BCUT2D eigenvalue weighted by Crippen LogP contribution is -2.12. The molecule has 0 unspecified atom stereocenters. The van der Waals surface area contributed by atoms with Gasteiger partial charge in [0, 0.05) is 12.3 Å². The number of aryl methyl sites for hydroxylation is 1. The third kappa shape index (κ3) is 4.26. The van der Waals surface area contributed by atoms with Gasteiger partial charge in [0.25, 0.3) is 0 Å². The number of hydrogen-bond donors (Lipinski definition) is 3. The molecule has 0 heterocycles. The Hall–Kier alpha value is -1.74. The van der Waals surface area contributed by atoms with Crippen LogP contribution in [0, 0.1) is 0 Å². The number of aliphatic hydroxyl groups is 1. The number of anilines is 1. The Morgan fingerprint density at radius 2 is 2.11 bits per heavy atom. The Balaban J connectivity index is 2.79. The molecule has 1 aromatic rings. The van der Waals surface area contributed by atoms with Crippen LogP contribution in [0.25, 0.3) is 0 Å². The van der Waals surface area contributed by atoms with E-state index in [1.165, 1.54) is 5.56 Å². The average Bonchev–Trinajstić information content (AvgIpc) is 2.35. The fourth-order valence-electron chi connectivity index (χ4n) is 1.57. The molecule has 3 nitrogen and oxygen atoms in total. The zero-order valence-electron chi connectivity index (χ0n) is 11.2. The Morgan fingerprint density at radius 3 is 2.72 bits per heavy atom. The van der Waals surface area contributed by atoms with Crippen LogP contribution in [0.5, 0.6) is 0 Å². The molecular weight excluding hydrogens is 224 g/mol. The molecule has 1 aromatic carbocycles. The van der Waals surface area contributed by atoms with Crippen LogP contribution in [-0.2, 0) is 6.42 Å². The standard InChI is InChI=1S/C15H22N2O/c1-11(2)12(3)15(16)17-14-8-4-6-13(10-14)7-5-9-18/h4,6,8,10,17-18H,1,5,7,9,16H2,2-3H3/b15-12-. The topological polar surface area (TPSA) is 58.3 Å². The SMILES string of the molecule is C=C(C)/C(C)=C(/N)Nc1cccc(CCCO)c1. The van der Waals surface area contributed by atoms with Gasteiger partial charge >= 0.3 is 0 Å². The summed E-state index contributed by atoms with van der Waals surface area (Å²) in [5, 5.41) is 12.0. The van der Waals surface area contributed by atoms with Gasteiger partial charge in [-0.25, -0.2) is 0 Å². The average molecular weight is 246 g/mol. The molecule has 0 radical (unpaired) electrons. The van der Waals surface area contributed by atoms with Crippen LogP contribution in [0.15, 0.2) is 47.8 Å². The highest BCUT2D eigenvalue weighted by Crippen LogP contribution is 2.16. The second-order valence-electron chi connectivity index (χ2n) is 4.47. The van der Waals surface area contributed by atoms with Crippen molar-refractivity contribution in [3.63, 3.8) is 0 Å². The Bertz CT molecular complexity index is 450. The molecule has 0 fully saturated rings. The molecule has 0 saturated carbocycles. The number of rotatable bonds is 6. The third-order valence-electron chi connectivity index (χ3n) is 2.87. The largest absolute Gasteiger partial charge is 0.396 e. The molecule has 0 aliphatic carbocycles. The molecule has 1 rings (SSSR count). The van der Waals surface area contributed by atoms with E-state index in [9.17, 15) is 0 Å². The summed E-state index contributed by atoms with van der Waals surface area (Å²) in [5.74, 6) is 0.627. The number of allylic oxidation sites excluding steroid dienone is 2. The van der Waals surface area contributed by atoms with Gasteiger partial charge < -0.3 is 16.2 Å². The molecular formula is C15H22N2O. The maximum atomic E-state index is 8.82. The number of hydrogen-bond acceptors (Lipinski definition) is 3. The normalized spacial score (nSPS) is 11.9. The molecule has 18 heavy (non-hydrogen) atoms. The molecule has 0 bridgehead atoms. The number of aliphatic hydroxyl groups excluding tert-OH is 1. The van der Waals surface area contributed by atoms with E-state index in [0.29, 0.717) is 5.82 Å². The van der Waals surface area contributed by atoms with Crippen LogP contribution >= 0.6 is 0 Å². The van der Waals surface area contributed by atoms with Gasteiger partial charge in [0.15, 0.2) is 0 Å². The van der Waals surface area contributed by atoms with Crippen molar-refractivity contribution in [2.75, 3.05) is 11.9 Å². The number of nitrogens with one attached hydrogen (secondary N) is 1. The molecule has 0 atom stereocenters. The summed E-state index contributed by atoms with van der Waals surface area (Å²) in [6.07, 6.45) is 1.65. The summed E-state index contributed by atoms with van der Waals surface area (Å²) in [6, 6.07) is 8.06. The first-order chi connectivity index (χ1) is 8.54. The lowest BCUT2D eigenvalue weighted by atomic mass is 10.1. The van der Waals surface area contributed by atoms with Crippen LogP contribution in [0.2, 0.25) is 0 Å². The van der Waals surface area contributed by atoms with Gasteiger partial charge in [-0.15, -0.1) is 0 Å².